The highest BCUT2D eigenvalue weighted by Gasteiger charge is 2.20. The van der Waals surface area contributed by atoms with Gasteiger partial charge in [-0.15, -0.1) is 0 Å². The Kier molecular flexibility index (Phi) is 9.11. The monoisotopic (exact) mass is 323 g/mol. The Balaban J connectivity index is 2.20. The van der Waals surface area contributed by atoms with E-state index in [9.17, 15) is 8.42 Å². The van der Waals surface area contributed by atoms with Gasteiger partial charge in [0.2, 0.25) is 0 Å². The Morgan fingerprint density at radius 2 is 2.10 bits per heavy atom. The molecule has 0 bridgehead atoms. The number of hydrogen-bond acceptors (Lipinski definition) is 4. The summed E-state index contributed by atoms with van der Waals surface area (Å²) in [5.74, 6) is 1.16. The Hall–Kier alpha value is 0.180. The lowest BCUT2D eigenvalue weighted by Crippen LogP contribution is -2.42. The third kappa shape index (κ3) is 7.26. The summed E-state index contributed by atoms with van der Waals surface area (Å²) in [7, 11) is -1.66. The minimum Gasteiger partial charge on any atom is -0.317 e. The molecule has 0 aromatic heterocycles. The first kappa shape index (κ1) is 18.2. The van der Waals surface area contributed by atoms with E-state index < -0.39 is 10.2 Å². The lowest BCUT2D eigenvalue weighted by atomic mass is 10.2. The van der Waals surface area contributed by atoms with Crippen molar-refractivity contribution in [3.05, 3.63) is 0 Å². The van der Waals surface area contributed by atoms with Gasteiger partial charge in [0.1, 0.15) is 0 Å². The van der Waals surface area contributed by atoms with Crippen LogP contribution >= 0.6 is 11.8 Å². The number of hydrogen-bond donors (Lipinski definition) is 2. The Morgan fingerprint density at radius 1 is 1.30 bits per heavy atom. The van der Waals surface area contributed by atoms with Crippen molar-refractivity contribution in [1.82, 2.24) is 14.3 Å². The molecule has 0 amide bonds. The summed E-state index contributed by atoms with van der Waals surface area (Å²) in [6.07, 6.45) is 5.55. The minimum atomic E-state index is -3.31. The van der Waals surface area contributed by atoms with Crippen molar-refractivity contribution in [2.24, 2.45) is 0 Å². The van der Waals surface area contributed by atoms with Crippen LogP contribution in [-0.4, -0.2) is 57.0 Å². The van der Waals surface area contributed by atoms with Crippen LogP contribution in [0.15, 0.2) is 0 Å². The zero-order chi connectivity index (χ0) is 14.8. The van der Waals surface area contributed by atoms with Crippen molar-refractivity contribution in [3.63, 3.8) is 0 Å². The smallest absolute Gasteiger partial charge is 0.279 e. The van der Waals surface area contributed by atoms with Gasteiger partial charge in [-0.3, -0.25) is 0 Å². The first-order chi connectivity index (χ1) is 9.56. The summed E-state index contributed by atoms with van der Waals surface area (Å²) < 4.78 is 28.3. The van der Waals surface area contributed by atoms with E-state index in [1.54, 1.807) is 7.05 Å². The van der Waals surface area contributed by atoms with Gasteiger partial charge in [0.15, 0.2) is 0 Å². The van der Waals surface area contributed by atoms with E-state index in [-0.39, 0.29) is 0 Å². The molecule has 1 aliphatic heterocycles. The first-order valence-corrected chi connectivity index (χ1v) is 10.1. The lowest BCUT2D eigenvalue weighted by molar-refractivity contribution is 0.443. The molecule has 1 aliphatic rings. The maximum absolute atomic E-state index is 12.1. The number of thioether (sulfide) groups is 1. The van der Waals surface area contributed by atoms with Crippen molar-refractivity contribution in [1.29, 1.82) is 0 Å². The highest BCUT2D eigenvalue weighted by atomic mass is 32.2. The van der Waals surface area contributed by atoms with Gasteiger partial charge in [-0.05, 0) is 44.5 Å². The molecule has 20 heavy (non-hydrogen) atoms. The fraction of sp³-hybridized carbons (Fsp3) is 1.00. The predicted octanol–water partition coefficient (Wildman–Crippen LogP) is 1.43. The van der Waals surface area contributed by atoms with Crippen LogP contribution in [0.25, 0.3) is 0 Å². The third-order valence-corrected chi connectivity index (χ3v) is 6.36. The van der Waals surface area contributed by atoms with Gasteiger partial charge in [0, 0.05) is 25.4 Å². The second-order valence-electron chi connectivity index (χ2n) is 5.27. The summed E-state index contributed by atoms with van der Waals surface area (Å²) >= 11 is 1.89. The zero-order valence-electron chi connectivity index (χ0n) is 12.7. The molecule has 1 fully saturated rings. The molecule has 1 atom stereocenters. The third-order valence-electron chi connectivity index (χ3n) is 3.43. The molecule has 1 rings (SSSR count). The molecule has 2 N–H and O–H groups in total. The number of nitrogens with zero attached hydrogens (tertiary/aromatic N) is 1. The second kappa shape index (κ2) is 10.00. The van der Waals surface area contributed by atoms with Gasteiger partial charge in [-0.2, -0.15) is 24.5 Å². The largest absolute Gasteiger partial charge is 0.317 e. The normalized spacial score (nSPS) is 20.4. The van der Waals surface area contributed by atoms with Gasteiger partial charge < -0.3 is 5.32 Å². The molecule has 1 heterocycles. The average Bonchev–Trinajstić information content (AvgIpc) is 2.46. The van der Waals surface area contributed by atoms with Crippen LogP contribution < -0.4 is 10.0 Å². The Bertz CT molecular complexity index is 344. The number of rotatable bonds is 10. The van der Waals surface area contributed by atoms with Crippen molar-refractivity contribution in [3.8, 4) is 0 Å². The first-order valence-electron chi connectivity index (χ1n) is 7.59. The van der Waals surface area contributed by atoms with E-state index in [4.69, 9.17) is 0 Å². The van der Waals surface area contributed by atoms with Crippen LogP contribution in [0, 0.1) is 0 Å². The molecule has 0 aromatic carbocycles. The van der Waals surface area contributed by atoms with Crippen molar-refractivity contribution < 1.29 is 8.42 Å². The molecule has 7 heteroatoms. The quantitative estimate of drug-likeness (QED) is 0.597. The standard InChI is InChI=1S/C13H29N3O2S2/c1-3-8-14-9-6-10-16(2)20(17,18)15-12-13-7-4-5-11-19-13/h13-15H,3-12H2,1-2H3. The van der Waals surface area contributed by atoms with Gasteiger partial charge >= 0.3 is 0 Å². The maximum Gasteiger partial charge on any atom is 0.279 e. The van der Waals surface area contributed by atoms with E-state index in [0.717, 1.165) is 38.1 Å². The molecule has 1 saturated heterocycles. The summed E-state index contributed by atoms with van der Waals surface area (Å²) in [4.78, 5) is 0. The Labute approximate surface area is 128 Å². The zero-order valence-corrected chi connectivity index (χ0v) is 14.4. The lowest BCUT2D eigenvalue weighted by Gasteiger charge is -2.23. The molecule has 5 nitrogen and oxygen atoms in total. The molecule has 0 aliphatic carbocycles. The molecule has 0 spiro atoms. The van der Waals surface area contributed by atoms with Crippen molar-refractivity contribution in [2.75, 3.05) is 39.0 Å². The van der Waals surface area contributed by atoms with Gasteiger partial charge in [-0.1, -0.05) is 13.3 Å². The second-order valence-corrected chi connectivity index (χ2v) is 8.54. The average molecular weight is 324 g/mol. The summed E-state index contributed by atoms with van der Waals surface area (Å²) in [6, 6.07) is 0. The van der Waals surface area contributed by atoms with Crippen LogP contribution in [0.2, 0.25) is 0 Å². The van der Waals surface area contributed by atoms with E-state index in [1.165, 1.54) is 17.1 Å². The maximum atomic E-state index is 12.1. The van der Waals surface area contributed by atoms with Crippen molar-refractivity contribution in [2.45, 2.75) is 44.3 Å². The fourth-order valence-corrected chi connectivity index (χ4v) is 4.47. The fourth-order valence-electron chi connectivity index (χ4n) is 2.13. The summed E-state index contributed by atoms with van der Waals surface area (Å²) in [5.41, 5.74) is 0. The van der Waals surface area contributed by atoms with Gasteiger partial charge in [0.05, 0.1) is 0 Å². The summed E-state index contributed by atoms with van der Waals surface area (Å²) in [6.45, 7) is 5.10. The Morgan fingerprint density at radius 3 is 2.75 bits per heavy atom. The summed E-state index contributed by atoms with van der Waals surface area (Å²) in [5, 5.41) is 3.72. The SMILES string of the molecule is CCCNCCCN(C)S(=O)(=O)NCC1CCCCS1. The van der Waals surface area contributed by atoms with E-state index >= 15 is 0 Å². The van der Waals surface area contributed by atoms with E-state index in [2.05, 4.69) is 17.0 Å². The highest BCUT2D eigenvalue weighted by Crippen LogP contribution is 2.24. The van der Waals surface area contributed by atoms with Crippen LogP contribution in [0.5, 0.6) is 0 Å². The molecular formula is C13H29N3O2S2. The minimum absolute atomic E-state index is 0.443. The molecule has 0 aromatic rings. The number of nitrogens with one attached hydrogen (secondary N) is 2. The van der Waals surface area contributed by atoms with Crippen LogP contribution in [-0.2, 0) is 10.2 Å². The predicted molar refractivity (Wildman–Crippen MR) is 87.4 cm³/mol. The molecule has 0 radical (unpaired) electrons. The van der Waals surface area contributed by atoms with Crippen LogP contribution in [0.1, 0.15) is 39.0 Å². The van der Waals surface area contributed by atoms with Crippen LogP contribution in [0.3, 0.4) is 0 Å². The molecule has 1 unspecified atom stereocenters. The van der Waals surface area contributed by atoms with E-state index in [0.29, 0.717) is 18.3 Å². The molecular weight excluding hydrogens is 294 g/mol. The highest BCUT2D eigenvalue weighted by molar-refractivity contribution is 8.00. The topological polar surface area (TPSA) is 61.4 Å². The molecule has 0 saturated carbocycles. The van der Waals surface area contributed by atoms with E-state index in [1.807, 2.05) is 11.8 Å². The van der Waals surface area contributed by atoms with Gasteiger partial charge in [0.25, 0.3) is 10.2 Å². The van der Waals surface area contributed by atoms with Gasteiger partial charge in [-0.25, -0.2) is 4.72 Å². The van der Waals surface area contributed by atoms with Crippen molar-refractivity contribution >= 4 is 22.0 Å². The molecule has 120 valence electrons. The van der Waals surface area contributed by atoms with Crippen LogP contribution in [0.4, 0.5) is 0 Å².